The minimum atomic E-state index is -0.822. The van der Waals surface area contributed by atoms with Gasteiger partial charge in [-0.25, -0.2) is 4.79 Å². The highest BCUT2D eigenvalue weighted by Crippen LogP contribution is 2.44. The minimum absolute atomic E-state index is 0.0456. The maximum atomic E-state index is 12.8. The molecule has 1 amide bonds. The Labute approximate surface area is 150 Å². The van der Waals surface area contributed by atoms with E-state index in [-0.39, 0.29) is 30.6 Å². The molecule has 2 heterocycles. The fourth-order valence-corrected chi connectivity index (χ4v) is 4.26. The number of amides is 1. The van der Waals surface area contributed by atoms with Crippen molar-refractivity contribution in [1.82, 2.24) is 14.0 Å². The summed E-state index contributed by atoms with van der Waals surface area (Å²) in [5.74, 6) is -1.01. The molecule has 1 aliphatic heterocycles. The first-order valence-corrected chi connectivity index (χ1v) is 9.20. The highest BCUT2D eigenvalue weighted by molar-refractivity contribution is 5.82. The Hall–Kier alpha value is -2.57. The average molecular weight is 357 g/mol. The Morgan fingerprint density at radius 2 is 1.77 bits per heavy atom. The van der Waals surface area contributed by atoms with E-state index in [0.29, 0.717) is 19.0 Å². The molecule has 2 aliphatic rings. The largest absolute Gasteiger partial charge is 0.481 e. The van der Waals surface area contributed by atoms with Crippen LogP contribution in [0.5, 0.6) is 0 Å². The number of carbonyl (C=O) groups is 2. The van der Waals surface area contributed by atoms with Crippen LogP contribution in [0.2, 0.25) is 0 Å². The Balaban J connectivity index is 1.59. The third-order valence-corrected chi connectivity index (χ3v) is 5.80. The molecule has 1 aromatic carbocycles. The normalized spacial score (nSPS) is 22.9. The Bertz CT molecular complexity index is 924. The van der Waals surface area contributed by atoms with Crippen molar-refractivity contribution in [2.75, 3.05) is 13.1 Å². The fraction of sp³-hybridized carbons (Fsp3) is 0.526. The number of imidazole rings is 1. The van der Waals surface area contributed by atoms with Gasteiger partial charge in [-0.3, -0.25) is 18.7 Å². The van der Waals surface area contributed by atoms with Crippen molar-refractivity contribution in [1.29, 1.82) is 0 Å². The van der Waals surface area contributed by atoms with E-state index in [0.717, 1.165) is 23.9 Å². The zero-order chi connectivity index (χ0) is 18.4. The Morgan fingerprint density at radius 1 is 1.12 bits per heavy atom. The molecule has 1 saturated carbocycles. The maximum absolute atomic E-state index is 12.8. The van der Waals surface area contributed by atoms with Crippen LogP contribution in [0.15, 0.2) is 29.1 Å². The van der Waals surface area contributed by atoms with Crippen LogP contribution in [0.25, 0.3) is 11.0 Å². The Kier molecular flexibility index (Phi) is 4.09. The van der Waals surface area contributed by atoms with E-state index < -0.39 is 11.9 Å². The van der Waals surface area contributed by atoms with Crippen molar-refractivity contribution in [2.45, 2.75) is 32.9 Å². The number of hydrogen-bond donors (Lipinski definition) is 1. The molecular weight excluding hydrogens is 334 g/mol. The van der Waals surface area contributed by atoms with Crippen LogP contribution >= 0.6 is 0 Å². The van der Waals surface area contributed by atoms with E-state index >= 15 is 0 Å². The summed E-state index contributed by atoms with van der Waals surface area (Å²) in [4.78, 5) is 38.7. The summed E-state index contributed by atoms with van der Waals surface area (Å²) < 4.78 is 3.15. The molecule has 0 unspecified atom stereocenters. The quantitative estimate of drug-likeness (QED) is 0.876. The van der Waals surface area contributed by atoms with Crippen molar-refractivity contribution in [2.24, 2.45) is 17.8 Å². The summed E-state index contributed by atoms with van der Waals surface area (Å²) in [6.07, 6.45) is 2.11. The predicted molar refractivity (Wildman–Crippen MR) is 95.8 cm³/mol. The molecule has 7 nitrogen and oxygen atoms in total. The summed E-state index contributed by atoms with van der Waals surface area (Å²) in [6.45, 7) is 3.13. The number of likely N-dealkylation sites (tertiary alicyclic amines) is 1. The van der Waals surface area contributed by atoms with Gasteiger partial charge in [0, 0.05) is 19.6 Å². The van der Waals surface area contributed by atoms with Gasteiger partial charge in [0.2, 0.25) is 5.91 Å². The van der Waals surface area contributed by atoms with Gasteiger partial charge < -0.3 is 10.0 Å². The van der Waals surface area contributed by atoms with E-state index in [1.54, 1.807) is 9.47 Å². The van der Waals surface area contributed by atoms with Crippen LogP contribution in [0.1, 0.15) is 19.8 Å². The highest BCUT2D eigenvalue weighted by Gasteiger charge is 2.46. The first-order chi connectivity index (χ1) is 12.5. The number of fused-ring (bicyclic) bond motifs is 1. The molecule has 138 valence electrons. The molecule has 7 heteroatoms. The third kappa shape index (κ3) is 2.71. The number of carboxylic acids is 1. The molecule has 1 N–H and O–H groups in total. The molecule has 0 radical (unpaired) electrons. The number of nitrogens with zero attached hydrogens (tertiary/aromatic N) is 3. The SMILES string of the molecule is CCn1c(=O)n(CC(=O)N2C[C@H](C(=O)O)[C@@H](C3CC3)C2)c2ccccc21. The van der Waals surface area contributed by atoms with Crippen LogP contribution in [-0.2, 0) is 22.7 Å². The molecule has 2 atom stereocenters. The molecule has 4 rings (SSSR count). The number of benzene rings is 1. The highest BCUT2D eigenvalue weighted by atomic mass is 16.4. The lowest BCUT2D eigenvalue weighted by Gasteiger charge is -2.16. The van der Waals surface area contributed by atoms with Gasteiger partial charge in [-0.05, 0) is 43.7 Å². The van der Waals surface area contributed by atoms with Gasteiger partial charge in [0.25, 0.3) is 0 Å². The zero-order valence-corrected chi connectivity index (χ0v) is 14.8. The number of carbonyl (C=O) groups excluding carboxylic acids is 1. The van der Waals surface area contributed by atoms with Gasteiger partial charge in [0.1, 0.15) is 6.54 Å². The smallest absolute Gasteiger partial charge is 0.329 e. The first-order valence-electron chi connectivity index (χ1n) is 9.20. The van der Waals surface area contributed by atoms with Crippen LogP contribution in [-0.4, -0.2) is 44.1 Å². The van der Waals surface area contributed by atoms with E-state index in [9.17, 15) is 19.5 Å². The van der Waals surface area contributed by atoms with E-state index in [4.69, 9.17) is 0 Å². The topological polar surface area (TPSA) is 84.5 Å². The zero-order valence-electron chi connectivity index (χ0n) is 14.8. The van der Waals surface area contributed by atoms with Crippen LogP contribution in [0.4, 0.5) is 0 Å². The molecule has 2 fully saturated rings. The maximum Gasteiger partial charge on any atom is 0.329 e. The number of aliphatic carboxylic acids is 1. The lowest BCUT2D eigenvalue weighted by molar-refractivity contribution is -0.142. The lowest BCUT2D eigenvalue weighted by atomic mass is 9.92. The number of carboxylic acid groups (broad SMARTS) is 1. The molecule has 1 aromatic heterocycles. The van der Waals surface area contributed by atoms with Crippen molar-refractivity contribution in [3.05, 3.63) is 34.7 Å². The first kappa shape index (κ1) is 16.9. The molecule has 0 bridgehead atoms. The fourth-order valence-electron chi connectivity index (χ4n) is 4.26. The second kappa shape index (κ2) is 6.30. The van der Waals surface area contributed by atoms with Gasteiger partial charge in [0.05, 0.1) is 17.0 Å². The Morgan fingerprint density at radius 3 is 2.35 bits per heavy atom. The summed E-state index contributed by atoms with van der Waals surface area (Å²) in [7, 11) is 0. The van der Waals surface area contributed by atoms with Crippen molar-refractivity contribution < 1.29 is 14.7 Å². The summed E-state index contributed by atoms with van der Waals surface area (Å²) >= 11 is 0. The second-order valence-electron chi connectivity index (χ2n) is 7.35. The van der Waals surface area contributed by atoms with Gasteiger partial charge in [0.15, 0.2) is 0 Å². The van der Waals surface area contributed by atoms with Gasteiger partial charge >= 0.3 is 11.7 Å². The summed E-state index contributed by atoms with van der Waals surface area (Å²) in [5.41, 5.74) is 1.35. The van der Waals surface area contributed by atoms with Crippen LogP contribution in [0.3, 0.4) is 0 Å². The van der Waals surface area contributed by atoms with Gasteiger partial charge in [-0.2, -0.15) is 0 Å². The van der Waals surface area contributed by atoms with E-state index in [2.05, 4.69) is 0 Å². The molecule has 26 heavy (non-hydrogen) atoms. The molecule has 2 aromatic rings. The molecule has 1 saturated heterocycles. The van der Waals surface area contributed by atoms with Crippen LogP contribution in [0, 0.1) is 17.8 Å². The number of rotatable bonds is 5. The van der Waals surface area contributed by atoms with Crippen molar-refractivity contribution >= 4 is 22.9 Å². The van der Waals surface area contributed by atoms with Crippen LogP contribution < -0.4 is 5.69 Å². The monoisotopic (exact) mass is 357 g/mol. The second-order valence-corrected chi connectivity index (χ2v) is 7.35. The molecule has 1 aliphatic carbocycles. The van der Waals surface area contributed by atoms with Gasteiger partial charge in [-0.1, -0.05) is 12.1 Å². The standard InChI is InChI=1S/C19H23N3O4/c1-2-21-15-5-3-4-6-16(15)22(19(21)26)11-17(23)20-9-13(12-7-8-12)14(10-20)18(24)25/h3-6,12-14H,2,7-11H2,1H3,(H,24,25)/t13-,14+/m1/s1. The average Bonchev–Trinajstić information content (AvgIpc) is 3.31. The number of para-hydroxylation sites is 2. The van der Waals surface area contributed by atoms with Crippen molar-refractivity contribution in [3.63, 3.8) is 0 Å². The number of aryl methyl sites for hydroxylation is 1. The third-order valence-electron chi connectivity index (χ3n) is 5.80. The summed E-state index contributed by atoms with van der Waals surface area (Å²) in [5, 5.41) is 9.47. The van der Waals surface area contributed by atoms with E-state index in [1.807, 2.05) is 31.2 Å². The predicted octanol–water partition coefficient (Wildman–Crippen LogP) is 1.39. The minimum Gasteiger partial charge on any atom is -0.481 e. The molecular formula is C19H23N3O4. The lowest BCUT2D eigenvalue weighted by Crippen LogP contribution is -2.36. The number of hydrogen-bond acceptors (Lipinski definition) is 3. The van der Waals surface area contributed by atoms with Crippen molar-refractivity contribution in [3.8, 4) is 0 Å². The summed E-state index contributed by atoms with van der Waals surface area (Å²) in [6, 6.07) is 7.44. The molecule has 0 spiro atoms. The number of aromatic nitrogens is 2. The van der Waals surface area contributed by atoms with E-state index in [1.165, 1.54) is 4.57 Å². The van der Waals surface area contributed by atoms with Gasteiger partial charge in [-0.15, -0.1) is 0 Å².